The molecule has 0 radical (unpaired) electrons. The Hall–Kier alpha value is -3.08. The summed E-state index contributed by atoms with van der Waals surface area (Å²) in [6, 6.07) is 12.3. The zero-order valence-electron chi connectivity index (χ0n) is 17.1. The Morgan fingerprint density at radius 2 is 1.72 bits per heavy atom. The number of hydrogen-bond donors (Lipinski definition) is 0. The molecule has 0 bridgehead atoms. The van der Waals surface area contributed by atoms with Crippen molar-refractivity contribution < 1.29 is 18.7 Å². The van der Waals surface area contributed by atoms with E-state index < -0.39 is 5.63 Å². The molecule has 1 aromatic heterocycles. The Morgan fingerprint density at radius 3 is 2.38 bits per heavy atom. The van der Waals surface area contributed by atoms with E-state index in [-0.39, 0.29) is 11.3 Å². The molecule has 0 unspecified atom stereocenters. The van der Waals surface area contributed by atoms with Crippen molar-refractivity contribution in [1.82, 2.24) is 0 Å². The fraction of sp³-hybridized carbons (Fsp3) is 0.333. The van der Waals surface area contributed by atoms with Gasteiger partial charge in [0.1, 0.15) is 22.6 Å². The fourth-order valence-electron chi connectivity index (χ4n) is 3.34. The van der Waals surface area contributed by atoms with Gasteiger partial charge in [-0.25, -0.2) is 4.79 Å². The molecule has 0 aliphatic carbocycles. The smallest absolute Gasteiger partial charge is 0.347 e. The average Bonchev–Trinajstić information content (AvgIpc) is 2.75. The van der Waals surface area contributed by atoms with Gasteiger partial charge >= 0.3 is 5.63 Å². The Kier molecular flexibility index (Phi) is 6.70. The number of benzene rings is 2. The highest BCUT2D eigenvalue weighted by molar-refractivity contribution is 6.10. The molecular formula is C24H26O5. The monoisotopic (exact) mass is 394 g/mol. The van der Waals surface area contributed by atoms with Crippen LogP contribution in [0.15, 0.2) is 51.7 Å². The molecule has 5 heteroatoms. The molecular weight excluding hydrogens is 368 g/mol. The molecule has 3 rings (SSSR count). The van der Waals surface area contributed by atoms with Crippen molar-refractivity contribution in [3.8, 4) is 11.5 Å². The summed E-state index contributed by atoms with van der Waals surface area (Å²) in [6.45, 7) is 2.19. The summed E-state index contributed by atoms with van der Waals surface area (Å²) >= 11 is 0. The predicted molar refractivity (Wildman–Crippen MR) is 113 cm³/mol. The molecule has 0 N–H and O–H groups in total. The summed E-state index contributed by atoms with van der Waals surface area (Å²) in [5, 5.41) is 0.545. The summed E-state index contributed by atoms with van der Waals surface area (Å²) < 4.78 is 15.9. The molecule has 5 nitrogen and oxygen atoms in total. The van der Waals surface area contributed by atoms with Crippen molar-refractivity contribution >= 4 is 16.8 Å². The first kappa shape index (κ1) is 20.6. The van der Waals surface area contributed by atoms with Crippen LogP contribution in [0.5, 0.6) is 11.5 Å². The quantitative estimate of drug-likeness (QED) is 0.285. The molecule has 0 aliphatic heterocycles. The third-order valence-corrected chi connectivity index (χ3v) is 5.02. The highest BCUT2D eigenvalue weighted by atomic mass is 16.5. The van der Waals surface area contributed by atoms with Gasteiger partial charge in [-0.3, -0.25) is 4.79 Å². The van der Waals surface area contributed by atoms with Gasteiger partial charge in [0, 0.05) is 17.7 Å². The Bertz CT molecular complexity index is 1050. The highest BCUT2D eigenvalue weighted by Crippen LogP contribution is 2.31. The van der Waals surface area contributed by atoms with E-state index in [0.29, 0.717) is 28.0 Å². The first-order valence-electron chi connectivity index (χ1n) is 9.91. The number of unbranched alkanes of at least 4 members (excludes halogenated alkanes) is 3. The maximum absolute atomic E-state index is 12.9. The Labute approximate surface area is 170 Å². The number of rotatable bonds is 9. The molecule has 0 aliphatic rings. The van der Waals surface area contributed by atoms with E-state index in [2.05, 4.69) is 6.92 Å². The van der Waals surface area contributed by atoms with Crippen LogP contribution in [0.4, 0.5) is 0 Å². The van der Waals surface area contributed by atoms with Crippen molar-refractivity contribution in [2.24, 2.45) is 0 Å². The summed E-state index contributed by atoms with van der Waals surface area (Å²) in [5.74, 6) is 0.613. The first-order valence-corrected chi connectivity index (χ1v) is 9.91. The van der Waals surface area contributed by atoms with E-state index in [1.807, 2.05) is 12.1 Å². The maximum atomic E-state index is 12.9. The largest absolute Gasteiger partial charge is 0.496 e. The highest BCUT2D eigenvalue weighted by Gasteiger charge is 2.18. The second-order valence-corrected chi connectivity index (χ2v) is 7.03. The fourth-order valence-corrected chi connectivity index (χ4v) is 3.34. The minimum Gasteiger partial charge on any atom is -0.496 e. The van der Waals surface area contributed by atoms with Gasteiger partial charge in [0.05, 0.1) is 19.6 Å². The van der Waals surface area contributed by atoms with Gasteiger partial charge in [-0.1, -0.05) is 50.5 Å². The van der Waals surface area contributed by atoms with Crippen LogP contribution >= 0.6 is 0 Å². The zero-order valence-corrected chi connectivity index (χ0v) is 17.1. The van der Waals surface area contributed by atoms with Crippen LogP contribution < -0.4 is 15.1 Å². The van der Waals surface area contributed by atoms with Crippen LogP contribution in [0.2, 0.25) is 0 Å². The average molecular weight is 394 g/mol. The van der Waals surface area contributed by atoms with Crippen molar-refractivity contribution in [3.63, 3.8) is 0 Å². The maximum Gasteiger partial charge on any atom is 0.347 e. The van der Waals surface area contributed by atoms with Gasteiger partial charge in [-0.05, 0) is 24.5 Å². The van der Waals surface area contributed by atoms with E-state index in [0.717, 1.165) is 12.8 Å². The minimum absolute atomic E-state index is 0.0170. The number of hydrogen-bond acceptors (Lipinski definition) is 5. The first-order chi connectivity index (χ1) is 14.1. The van der Waals surface area contributed by atoms with Crippen LogP contribution in [0.3, 0.4) is 0 Å². The third-order valence-electron chi connectivity index (χ3n) is 5.02. The minimum atomic E-state index is -0.679. The lowest BCUT2D eigenvalue weighted by molar-refractivity contribution is 0.103. The van der Waals surface area contributed by atoms with E-state index in [4.69, 9.17) is 13.9 Å². The molecule has 152 valence electrons. The lowest BCUT2D eigenvalue weighted by atomic mass is 10.00. The van der Waals surface area contributed by atoms with Gasteiger partial charge in [0.25, 0.3) is 0 Å². The number of ketones is 1. The topological polar surface area (TPSA) is 65.7 Å². The number of ether oxygens (including phenoxy) is 2. The predicted octanol–water partition coefficient (Wildman–Crippen LogP) is 5.16. The molecule has 3 aromatic rings. The second kappa shape index (κ2) is 9.41. The number of carbonyl (C=O) groups is 1. The molecule has 1 heterocycles. The Balaban J connectivity index is 1.88. The van der Waals surface area contributed by atoms with Crippen molar-refractivity contribution in [3.05, 3.63) is 69.6 Å². The second-order valence-electron chi connectivity index (χ2n) is 7.03. The van der Waals surface area contributed by atoms with Crippen LogP contribution in [-0.4, -0.2) is 20.0 Å². The van der Waals surface area contributed by atoms with Crippen molar-refractivity contribution in [2.45, 2.75) is 39.0 Å². The molecule has 0 spiro atoms. The summed E-state index contributed by atoms with van der Waals surface area (Å²) in [6.07, 6.45) is 5.79. The van der Waals surface area contributed by atoms with E-state index in [9.17, 15) is 9.59 Å². The van der Waals surface area contributed by atoms with E-state index >= 15 is 0 Å². The molecule has 0 saturated carbocycles. The molecule has 0 amide bonds. The molecule has 0 saturated heterocycles. The summed E-state index contributed by atoms with van der Waals surface area (Å²) in [4.78, 5) is 25.4. The van der Waals surface area contributed by atoms with Crippen molar-refractivity contribution in [2.75, 3.05) is 14.2 Å². The number of aryl methyl sites for hydroxylation is 1. The van der Waals surface area contributed by atoms with Crippen LogP contribution in [0, 0.1) is 0 Å². The van der Waals surface area contributed by atoms with Gasteiger partial charge < -0.3 is 13.9 Å². The summed E-state index contributed by atoms with van der Waals surface area (Å²) in [7, 11) is 3.03. The number of fused-ring (bicyclic) bond motifs is 1. The standard InChI is InChI=1S/C24H26O5/c1-4-5-6-7-8-16-9-11-17(12-10-16)23(25)20-15-19-21(28-3)13-18(27-2)14-22(19)29-24(20)26/h9-15H,4-8H2,1-3H3. The third kappa shape index (κ3) is 4.67. The summed E-state index contributed by atoms with van der Waals surface area (Å²) in [5.41, 5.74) is 1.27. The van der Waals surface area contributed by atoms with Gasteiger partial charge in [0.15, 0.2) is 5.78 Å². The van der Waals surface area contributed by atoms with E-state index in [1.165, 1.54) is 45.1 Å². The molecule has 0 fully saturated rings. The Morgan fingerprint density at radius 1 is 0.966 bits per heavy atom. The zero-order chi connectivity index (χ0) is 20.8. The van der Waals surface area contributed by atoms with Crippen molar-refractivity contribution in [1.29, 1.82) is 0 Å². The van der Waals surface area contributed by atoms with Crippen LogP contribution in [0.25, 0.3) is 11.0 Å². The van der Waals surface area contributed by atoms with Gasteiger partial charge in [0.2, 0.25) is 0 Å². The lowest BCUT2D eigenvalue weighted by Crippen LogP contribution is -2.15. The molecule has 2 aromatic carbocycles. The van der Waals surface area contributed by atoms with E-state index in [1.54, 1.807) is 24.3 Å². The number of carbonyl (C=O) groups excluding carboxylic acids is 1. The van der Waals surface area contributed by atoms with Gasteiger partial charge in [-0.2, -0.15) is 0 Å². The number of methoxy groups -OCH3 is 2. The van der Waals surface area contributed by atoms with Crippen LogP contribution in [0.1, 0.15) is 54.1 Å². The van der Waals surface area contributed by atoms with Gasteiger partial charge in [-0.15, -0.1) is 0 Å². The molecule has 0 atom stereocenters. The normalized spacial score (nSPS) is 10.9. The SMILES string of the molecule is CCCCCCc1ccc(C(=O)c2cc3c(OC)cc(OC)cc3oc2=O)cc1. The lowest BCUT2D eigenvalue weighted by Gasteiger charge is -2.09. The van der Waals surface area contributed by atoms with Crippen LogP contribution in [-0.2, 0) is 6.42 Å². The molecule has 29 heavy (non-hydrogen) atoms.